The molecule has 8 heteroatoms. The summed E-state index contributed by atoms with van der Waals surface area (Å²) in [5.74, 6) is -0.580. The Morgan fingerprint density at radius 1 is 1.00 bits per heavy atom. The average molecular weight is 472 g/mol. The smallest absolute Gasteiger partial charge is 0.253 e. The van der Waals surface area contributed by atoms with E-state index in [0.717, 1.165) is 5.56 Å². The van der Waals surface area contributed by atoms with Gasteiger partial charge in [0.05, 0.1) is 4.90 Å². The molecule has 0 saturated carbocycles. The molecule has 33 heavy (non-hydrogen) atoms. The first-order chi connectivity index (χ1) is 15.4. The van der Waals surface area contributed by atoms with E-state index >= 15 is 0 Å². The first kappa shape index (κ1) is 24.9. The van der Waals surface area contributed by atoms with E-state index in [1.165, 1.54) is 9.21 Å². The van der Waals surface area contributed by atoms with Crippen LogP contribution in [-0.4, -0.2) is 56.6 Å². The number of benzene rings is 2. The molecule has 2 aromatic carbocycles. The van der Waals surface area contributed by atoms with E-state index in [1.807, 2.05) is 12.1 Å². The van der Waals surface area contributed by atoms with Crippen LogP contribution in [-0.2, 0) is 20.2 Å². The van der Waals surface area contributed by atoms with Crippen molar-refractivity contribution in [2.75, 3.05) is 32.5 Å². The lowest BCUT2D eigenvalue weighted by molar-refractivity contribution is -0.120. The van der Waals surface area contributed by atoms with Gasteiger partial charge in [0.2, 0.25) is 15.9 Å². The third kappa shape index (κ3) is 5.81. The molecule has 178 valence electrons. The Kier molecular flexibility index (Phi) is 7.29. The molecular weight excluding hydrogens is 438 g/mol. The van der Waals surface area contributed by atoms with Crippen LogP contribution >= 0.6 is 0 Å². The molecule has 1 saturated heterocycles. The van der Waals surface area contributed by atoms with E-state index in [4.69, 9.17) is 0 Å². The molecule has 0 radical (unpaired) electrons. The number of hydrogen-bond donors (Lipinski definition) is 1. The van der Waals surface area contributed by atoms with Crippen molar-refractivity contribution in [3.8, 4) is 0 Å². The number of amides is 2. The zero-order valence-electron chi connectivity index (χ0n) is 20.0. The van der Waals surface area contributed by atoms with Crippen LogP contribution in [0.5, 0.6) is 0 Å². The Bertz CT molecular complexity index is 1110. The summed E-state index contributed by atoms with van der Waals surface area (Å²) in [5.41, 5.74) is 2.08. The predicted molar refractivity (Wildman–Crippen MR) is 130 cm³/mol. The fraction of sp³-hybridized carbons (Fsp3) is 0.440. The van der Waals surface area contributed by atoms with Crippen LogP contribution in [0.3, 0.4) is 0 Å². The topological polar surface area (TPSA) is 86.8 Å². The SMILES string of the molecule is CN(C)C(=O)c1cccc(NC(=O)C2CCN(S(=O)(=O)c3ccc(C(C)(C)C)cc3)CC2)c1. The Balaban J connectivity index is 1.62. The van der Waals surface area contributed by atoms with Crippen molar-refractivity contribution in [3.05, 3.63) is 59.7 Å². The number of carbonyl (C=O) groups is 2. The molecule has 2 amide bonds. The number of carbonyl (C=O) groups excluding carboxylic acids is 2. The minimum absolute atomic E-state index is 0.0483. The van der Waals surface area contributed by atoms with E-state index in [2.05, 4.69) is 26.1 Å². The van der Waals surface area contributed by atoms with Crippen molar-refractivity contribution in [1.29, 1.82) is 0 Å². The lowest BCUT2D eigenvalue weighted by Crippen LogP contribution is -2.41. The van der Waals surface area contributed by atoms with E-state index in [-0.39, 0.29) is 28.0 Å². The van der Waals surface area contributed by atoms with Crippen molar-refractivity contribution >= 4 is 27.5 Å². The van der Waals surface area contributed by atoms with Gasteiger partial charge >= 0.3 is 0 Å². The second kappa shape index (κ2) is 9.65. The molecule has 7 nitrogen and oxygen atoms in total. The maximum atomic E-state index is 13.1. The summed E-state index contributed by atoms with van der Waals surface area (Å²) >= 11 is 0. The predicted octanol–water partition coefficient (Wildman–Crippen LogP) is 3.73. The van der Waals surface area contributed by atoms with Gasteiger partial charge < -0.3 is 10.2 Å². The fourth-order valence-electron chi connectivity index (χ4n) is 3.87. The quantitative estimate of drug-likeness (QED) is 0.720. The Hall–Kier alpha value is -2.71. The number of anilines is 1. The molecule has 3 rings (SSSR count). The molecular formula is C25H33N3O4S. The molecule has 0 bridgehead atoms. The Morgan fingerprint density at radius 2 is 1.61 bits per heavy atom. The lowest BCUT2D eigenvalue weighted by Gasteiger charge is -2.30. The fourth-order valence-corrected chi connectivity index (χ4v) is 5.34. The molecule has 1 aliphatic heterocycles. The molecule has 0 aromatic heterocycles. The molecule has 0 atom stereocenters. The average Bonchev–Trinajstić information content (AvgIpc) is 2.78. The van der Waals surface area contributed by atoms with Gasteiger partial charge in [-0.15, -0.1) is 0 Å². The molecule has 1 aliphatic rings. The van der Waals surface area contributed by atoms with E-state index in [0.29, 0.717) is 37.2 Å². The maximum Gasteiger partial charge on any atom is 0.253 e. The molecule has 1 fully saturated rings. The van der Waals surface area contributed by atoms with Gasteiger partial charge in [-0.05, 0) is 54.2 Å². The highest BCUT2D eigenvalue weighted by molar-refractivity contribution is 7.89. The van der Waals surface area contributed by atoms with Crippen LogP contribution in [0.15, 0.2) is 53.4 Å². The van der Waals surface area contributed by atoms with Crippen LogP contribution in [0.1, 0.15) is 49.5 Å². The monoisotopic (exact) mass is 471 g/mol. The minimum Gasteiger partial charge on any atom is -0.345 e. The van der Waals surface area contributed by atoms with Gasteiger partial charge in [0.15, 0.2) is 0 Å². The highest BCUT2D eigenvalue weighted by Crippen LogP contribution is 2.27. The van der Waals surface area contributed by atoms with Crippen molar-refractivity contribution in [1.82, 2.24) is 9.21 Å². The third-order valence-electron chi connectivity index (χ3n) is 5.97. The van der Waals surface area contributed by atoms with Gasteiger partial charge in [-0.25, -0.2) is 8.42 Å². The minimum atomic E-state index is -3.60. The maximum absolute atomic E-state index is 13.1. The summed E-state index contributed by atoms with van der Waals surface area (Å²) in [6.45, 7) is 6.84. The lowest BCUT2D eigenvalue weighted by atomic mass is 9.87. The van der Waals surface area contributed by atoms with Gasteiger partial charge in [0.25, 0.3) is 5.91 Å². The normalized spacial score (nSPS) is 15.8. The van der Waals surface area contributed by atoms with Crippen molar-refractivity contribution in [2.45, 2.75) is 43.9 Å². The van der Waals surface area contributed by atoms with Crippen molar-refractivity contribution < 1.29 is 18.0 Å². The van der Waals surface area contributed by atoms with Gasteiger partial charge in [0, 0.05) is 44.4 Å². The van der Waals surface area contributed by atoms with Crippen LogP contribution in [0, 0.1) is 5.92 Å². The zero-order valence-corrected chi connectivity index (χ0v) is 20.8. The van der Waals surface area contributed by atoms with E-state index < -0.39 is 10.0 Å². The molecule has 0 unspecified atom stereocenters. The number of nitrogens with zero attached hydrogens (tertiary/aromatic N) is 2. The summed E-state index contributed by atoms with van der Waals surface area (Å²) in [6, 6.07) is 13.9. The van der Waals surface area contributed by atoms with Gasteiger partial charge in [-0.1, -0.05) is 39.0 Å². The molecule has 2 aromatic rings. The first-order valence-electron chi connectivity index (χ1n) is 11.1. The second-order valence-electron chi connectivity index (χ2n) is 9.72. The number of nitrogens with one attached hydrogen (secondary N) is 1. The highest BCUT2D eigenvalue weighted by Gasteiger charge is 2.32. The second-order valence-corrected chi connectivity index (χ2v) is 11.7. The summed E-state index contributed by atoms with van der Waals surface area (Å²) in [4.78, 5) is 26.7. The first-order valence-corrected chi connectivity index (χ1v) is 12.6. The van der Waals surface area contributed by atoms with Gasteiger partial charge in [-0.3, -0.25) is 9.59 Å². The van der Waals surface area contributed by atoms with Crippen LogP contribution < -0.4 is 5.32 Å². The number of sulfonamides is 1. The van der Waals surface area contributed by atoms with E-state index in [1.54, 1.807) is 50.5 Å². The zero-order chi connectivity index (χ0) is 24.4. The summed E-state index contributed by atoms with van der Waals surface area (Å²) < 4.78 is 27.6. The number of rotatable bonds is 5. The molecule has 1 N–H and O–H groups in total. The summed E-state index contributed by atoms with van der Waals surface area (Å²) in [5, 5.41) is 2.87. The molecule has 0 aliphatic carbocycles. The number of piperidine rings is 1. The Morgan fingerprint density at radius 3 is 2.15 bits per heavy atom. The summed E-state index contributed by atoms with van der Waals surface area (Å²) in [7, 11) is -0.246. The van der Waals surface area contributed by atoms with Gasteiger partial charge in [0.1, 0.15) is 0 Å². The number of hydrogen-bond acceptors (Lipinski definition) is 4. The third-order valence-corrected chi connectivity index (χ3v) is 7.88. The van der Waals surface area contributed by atoms with Crippen molar-refractivity contribution in [2.24, 2.45) is 5.92 Å². The van der Waals surface area contributed by atoms with E-state index in [9.17, 15) is 18.0 Å². The Labute approximate surface area is 196 Å². The largest absolute Gasteiger partial charge is 0.345 e. The summed E-state index contributed by atoms with van der Waals surface area (Å²) in [6.07, 6.45) is 0.892. The van der Waals surface area contributed by atoms with Crippen LogP contribution in [0.2, 0.25) is 0 Å². The van der Waals surface area contributed by atoms with Crippen molar-refractivity contribution in [3.63, 3.8) is 0 Å². The van der Waals surface area contributed by atoms with Crippen LogP contribution in [0.25, 0.3) is 0 Å². The highest BCUT2D eigenvalue weighted by atomic mass is 32.2. The van der Waals surface area contributed by atoms with Gasteiger partial charge in [-0.2, -0.15) is 4.31 Å². The molecule has 0 spiro atoms. The molecule has 1 heterocycles. The standard InChI is InChI=1S/C25H33N3O4S/c1-25(2,3)20-9-11-22(12-10-20)33(31,32)28-15-13-18(14-16-28)23(29)26-21-8-6-7-19(17-21)24(30)27(4)5/h6-12,17-18H,13-16H2,1-5H3,(H,26,29). The van der Waals surface area contributed by atoms with Crippen LogP contribution in [0.4, 0.5) is 5.69 Å².